The van der Waals surface area contributed by atoms with Crippen molar-refractivity contribution in [2.75, 3.05) is 6.61 Å². The zero-order chi connectivity index (χ0) is 12.0. The van der Waals surface area contributed by atoms with E-state index in [1.807, 2.05) is 0 Å². The lowest BCUT2D eigenvalue weighted by Gasteiger charge is -2.05. The first-order valence-electron chi connectivity index (χ1n) is 4.34. The summed E-state index contributed by atoms with van der Waals surface area (Å²) in [5.41, 5.74) is 3.56. The monoisotopic (exact) mass is 214 g/mol. The van der Waals surface area contributed by atoms with Gasteiger partial charge < -0.3 is 14.9 Å². The van der Waals surface area contributed by atoms with E-state index in [1.54, 1.807) is 13.8 Å². The van der Waals surface area contributed by atoms with E-state index in [1.165, 1.54) is 6.92 Å². The molecule has 0 aliphatic carbocycles. The molecule has 0 aromatic rings. The average Bonchev–Trinajstić information content (AvgIpc) is 2.15. The van der Waals surface area contributed by atoms with E-state index in [2.05, 4.69) is 10.5 Å². The summed E-state index contributed by atoms with van der Waals surface area (Å²) in [4.78, 5) is 22.0. The first-order valence-corrected chi connectivity index (χ1v) is 4.34. The van der Waals surface area contributed by atoms with Gasteiger partial charge in [-0.1, -0.05) is 0 Å². The van der Waals surface area contributed by atoms with Crippen molar-refractivity contribution >= 4 is 11.9 Å². The summed E-state index contributed by atoms with van der Waals surface area (Å²) in [5, 5.41) is 17.2. The van der Waals surface area contributed by atoms with Crippen LogP contribution in [-0.2, 0) is 14.3 Å². The van der Waals surface area contributed by atoms with Crippen molar-refractivity contribution in [1.29, 1.82) is 0 Å². The van der Waals surface area contributed by atoms with Crippen LogP contribution in [0.15, 0.2) is 16.9 Å². The van der Waals surface area contributed by atoms with E-state index < -0.39 is 24.6 Å². The highest BCUT2D eigenvalue weighted by molar-refractivity contribution is 5.96. The van der Waals surface area contributed by atoms with Gasteiger partial charge in [0.25, 0.3) is 0 Å². The van der Waals surface area contributed by atoms with Gasteiger partial charge in [-0.3, -0.25) is 0 Å². The molecule has 15 heavy (non-hydrogen) atoms. The van der Waals surface area contributed by atoms with Crippen LogP contribution in [0.4, 0.5) is 0 Å². The molecule has 0 aromatic heterocycles. The molecule has 0 heterocycles. The number of rotatable bonds is 3. The van der Waals surface area contributed by atoms with Crippen LogP contribution >= 0.6 is 0 Å². The Balaban J connectivity index is 4.53. The molecule has 0 rings (SSSR count). The molecule has 2 N–H and O–H groups in total. The summed E-state index contributed by atoms with van der Waals surface area (Å²) in [6.07, 6.45) is -1.69. The molecule has 0 amide bonds. The summed E-state index contributed by atoms with van der Waals surface area (Å²) in [6, 6.07) is 0. The Kier molecular flexibility index (Phi) is 5.56. The first-order chi connectivity index (χ1) is 6.88. The molecule has 0 bridgehead atoms. The number of ether oxygens (including phenoxy) is 1. The fourth-order valence-electron chi connectivity index (χ4n) is 0.736. The Morgan fingerprint density at radius 3 is 2.27 bits per heavy atom. The summed E-state index contributed by atoms with van der Waals surface area (Å²) in [6.45, 7) is 4.13. The van der Waals surface area contributed by atoms with Crippen LogP contribution in [0, 0.1) is 0 Å². The highest BCUT2D eigenvalue weighted by Gasteiger charge is 2.19. The van der Waals surface area contributed by atoms with Crippen LogP contribution < -0.4 is 0 Å². The quantitative estimate of drug-likeness (QED) is 0.297. The minimum atomic E-state index is -1.69. The molecule has 5 nitrogen and oxygen atoms in total. The summed E-state index contributed by atoms with van der Waals surface area (Å²) in [5.74, 6) is -2.05. The normalized spacial score (nSPS) is 11.3. The van der Waals surface area contributed by atoms with Gasteiger partial charge in [-0.05, 0) is 26.3 Å². The van der Waals surface area contributed by atoms with Gasteiger partial charge in [0.1, 0.15) is 0 Å². The second-order valence-electron chi connectivity index (χ2n) is 3.16. The second-order valence-corrected chi connectivity index (χ2v) is 3.16. The molecular formula is C10H14O5. The van der Waals surface area contributed by atoms with Crippen molar-refractivity contribution in [2.24, 2.45) is 0 Å². The van der Waals surface area contributed by atoms with Crippen LogP contribution in [0.3, 0.4) is 0 Å². The third-order valence-corrected chi connectivity index (χ3v) is 1.38. The fourth-order valence-corrected chi connectivity index (χ4v) is 0.736. The lowest BCUT2D eigenvalue weighted by atomic mass is 10.2. The van der Waals surface area contributed by atoms with Crippen LogP contribution in [0.2, 0.25) is 0 Å². The lowest BCUT2D eigenvalue weighted by molar-refractivity contribution is -0.164. The third kappa shape index (κ3) is 5.12. The maximum atomic E-state index is 11.2. The molecule has 84 valence electrons. The maximum absolute atomic E-state index is 11.2. The Bertz CT molecular complexity index is 319. The topological polar surface area (TPSA) is 83.8 Å². The van der Waals surface area contributed by atoms with Crippen molar-refractivity contribution in [2.45, 2.75) is 26.9 Å². The highest BCUT2D eigenvalue weighted by atomic mass is 16.6. The smallest absolute Gasteiger partial charge is 0.349 e. The summed E-state index contributed by atoms with van der Waals surface area (Å²) >= 11 is 0. The molecule has 5 heteroatoms. The van der Waals surface area contributed by atoms with Gasteiger partial charge in [-0.25, -0.2) is 9.59 Å². The Morgan fingerprint density at radius 2 is 1.87 bits per heavy atom. The zero-order valence-corrected chi connectivity index (χ0v) is 8.90. The van der Waals surface area contributed by atoms with Crippen LogP contribution in [0.1, 0.15) is 20.8 Å². The Labute approximate surface area is 87.7 Å². The highest BCUT2D eigenvalue weighted by Crippen LogP contribution is 1.99. The number of carbonyl (C=O) groups is 2. The molecule has 0 saturated heterocycles. The number of esters is 2. The van der Waals surface area contributed by atoms with Crippen molar-refractivity contribution in [3.8, 4) is 0 Å². The van der Waals surface area contributed by atoms with E-state index in [4.69, 9.17) is 10.2 Å². The van der Waals surface area contributed by atoms with Gasteiger partial charge in [-0.2, -0.15) is 0 Å². The summed E-state index contributed by atoms with van der Waals surface area (Å²) < 4.78 is 4.27. The molecule has 1 unspecified atom stereocenters. The SMILES string of the molecule is CC(C)=C=C(C)C(=O)OC(=O)C(O)CO. The van der Waals surface area contributed by atoms with Crippen molar-refractivity contribution in [3.63, 3.8) is 0 Å². The number of hydrogen-bond donors (Lipinski definition) is 2. The van der Waals surface area contributed by atoms with E-state index >= 15 is 0 Å². The number of hydrogen-bond acceptors (Lipinski definition) is 5. The summed E-state index contributed by atoms with van der Waals surface area (Å²) in [7, 11) is 0. The molecule has 0 spiro atoms. The van der Waals surface area contributed by atoms with Gasteiger partial charge in [0.2, 0.25) is 0 Å². The first kappa shape index (κ1) is 13.6. The fraction of sp³-hybridized carbons (Fsp3) is 0.500. The molecule has 0 aliphatic rings. The number of aliphatic hydroxyl groups is 2. The minimum absolute atomic E-state index is 0.133. The maximum Gasteiger partial charge on any atom is 0.349 e. The van der Waals surface area contributed by atoms with E-state index in [9.17, 15) is 9.59 Å². The van der Waals surface area contributed by atoms with Gasteiger partial charge >= 0.3 is 11.9 Å². The van der Waals surface area contributed by atoms with Crippen LogP contribution in [-0.4, -0.2) is 34.9 Å². The van der Waals surface area contributed by atoms with Gasteiger partial charge in [-0.15, -0.1) is 5.73 Å². The van der Waals surface area contributed by atoms with Gasteiger partial charge in [0.15, 0.2) is 6.10 Å². The van der Waals surface area contributed by atoms with Gasteiger partial charge in [0.05, 0.1) is 12.2 Å². The van der Waals surface area contributed by atoms with Crippen LogP contribution in [0.5, 0.6) is 0 Å². The molecule has 0 saturated carbocycles. The Morgan fingerprint density at radius 1 is 1.33 bits per heavy atom. The van der Waals surface area contributed by atoms with E-state index in [0.717, 1.165) is 5.57 Å². The van der Waals surface area contributed by atoms with Crippen molar-refractivity contribution < 1.29 is 24.5 Å². The predicted molar refractivity (Wildman–Crippen MR) is 51.8 cm³/mol. The van der Waals surface area contributed by atoms with Gasteiger partial charge in [0, 0.05) is 0 Å². The standard InChI is InChI=1S/C10H14O5/c1-6(2)4-7(3)9(13)15-10(14)8(12)5-11/h8,11-12H,5H2,1-3H3. The lowest BCUT2D eigenvalue weighted by Crippen LogP contribution is -2.28. The minimum Gasteiger partial charge on any atom is -0.393 e. The molecule has 0 aromatic carbocycles. The predicted octanol–water partition coefficient (Wildman–Crippen LogP) is -0.0792. The number of carbonyl (C=O) groups excluding carboxylic acids is 2. The average molecular weight is 214 g/mol. The molecule has 0 fully saturated rings. The van der Waals surface area contributed by atoms with E-state index in [0.29, 0.717) is 0 Å². The van der Waals surface area contributed by atoms with Crippen molar-refractivity contribution in [1.82, 2.24) is 0 Å². The molecular weight excluding hydrogens is 200 g/mol. The molecule has 0 aliphatic heterocycles. The molecule has 1 atom stereocenters. The Hall–Kier alpha value is -1.42. The third-order valence-electron chi connectivity index (χ3n) is 1.38. The van der Waals surface area contributed by atoms with Crippen LogP contribution in [0.25, 0.3) is 0 Å². The second kappa shape index (κ2) is 6.14. The largest absolute Gasteiger partial charge is 0.393 e. The van der Waals surface area contributed by atoms with Crippen molar-refractivity contribution in [3.05, 3.63) is 16.9 Å². The molecule has 0 radical (unpaired) electrons. The number of aliphatic hydroxyl groups excluding tert-OH is 2. The zero-order valence-electron chi connectivity index (χ0n) is 8.90. The van der Waals surface area contributed by atoms with E-state index in [-0.39, 0.29) is 5.57 Å².